The Balaban J connectivity index is 0.000000360. The van der Waals surface area contributed by atoms with E-state index in [1.807, 2.05) is 36.4 Å². The van der Waals surface area contributed by atoms with Crippen molar-refractivity contribution in [1.82, 2.24) is 20.4 Å². The Bertz CT molecular complexity index is 1070. The molecule has 3 aromatic rings. The predicted molar refractivity (Wildman–Crippen MR) is 111 cm³/mol. The third-order valence-corrected chi connectivity index (χ3v) is 4.97. The smallest absolute Gasteiger partial charge is 0.475 e. The molecule has 1 aliphatic heterocycles. The van der Waals surface area contributed by atoms with Crippen LogP contribution in [0.25, 0.3) is 22.0 Å². The molecule has 0 radical (unpaired) electrons. The number of carboxylic acids is 1. The first-order valence-electron chi connectivity index (χ1n) is 9.84. The predicted octanol–water partition coefficient (Wildman–Crippen LogP) is 3.72. The molecule has 1 saturated heterocycles. The second-order valence-electron chi connectivity index (χ2n) is 7.58. The molecule has 0 spiro atoms. The molecular formula is C22H22F4N4O2. The Hall–Kier alpha value is -3.11. The van der Waals surface area contributed by atoms with Crippen LogP contribution in [0.15, 0.2) is 48.5 Å². The van der Waals surface area contributed by atoms with Gasteiger partial charge in [0.05, 0.1) is 11.4 Å². The number of rotatable bonds is 5. The van der Waals surface area contributed by atoms with Gasteiger partial charge in [-0.3, -0.25) is 0 Å². The Labute approximate surface area is 181 Å². The largest absolute Gasteiger partial charge is 0.490 e. The lowest BCUT2D eigenvalue weighted by atomic mass is 10.0. The minimum Gasteiger partial charge on any atom is -0.475 e. The van der Waals surface area contributed by atoms with Gasteiger partial charge in [-0.05, 0) is 36.6 Å². The molecule has 2 aromatic carbocycles. The maximum absolute atomic E-state index is 14.8. The Morgan fingerprint density at radius 3 is 2.38 bits per heavy atom. The maximum atomic E-state index is 14.8. The third-order valence-electron chi connectivity index (χ3n) is 4.97. The summed E-state index contributed by atoms with van der Waals surface area (Å²) in [4.78, 5) is 11.2. The summed E-state index contributed by atoms with van der Waals surface area (Å²) in [5.41, 5.74) is 1.96. The van der Waals surface area contributed by atoms with Crippen LogP contribution in [-0.4, -0.2) is 59.0 Å². The molecule has 2 heterocycles. The molecule has 10 heteroatoms. The van der Waals surface area contributed by atoms with Crippen molar-refractivity contribution in [3.8, 4) is 11.3 Å². The number of nitrogens with zero attached hydrogens (tertiary/aromatic N) is 3. The van der Waals surface area contributed by atoms with Gasteiger partial charge in [0.1, 0.15) is 5.82 Å². The fourth-order valence-electron chi connectivity index (χ4n) is 3.28. The molecule has 0 atom stereocenters. The number of hydrogen-bond donors (Lipinski definition) is 2. The van der Waals surface area contributed by atoms with Crippen LogP contribution in [0.1, 0.15) is 5.69 Å². The van der Waals surface area contributed by atoms with Crippen molar-refractivity contribution >= 4 is 16.7 Å². The summed E-state index contributed by atoms with van der Waals surface area (Å²) >= 11 is 0. The first kappa shape index (κ1) is 23.6. The summed E-state index contributed by atoms with van der Waals surface area (Å²) < 4.78 is 46.5. The van der Waals surface area contributed by atoms with Gasteiger partial charge in [-0.25, -0.2) is 9.18 Å². The van der Waals surface area contributed by atoms with Crippen molar-refractivity contribution in [3.05, 3.63) is 60.0 Å². The summed E-state index contributed by atoms with van der Waals surface area (Å²) in [6.07, 6.45) is -5.08. The van der Waals surface area contributed by atoms with Crippen LogP contribution < -0.4 is 5.32 Å². The number of carbonyl (C=O) groups is 1. The summed E-state index contributed by atoms with van der Waals surface area (Å²) in [5, 5.41) is 20.5. The van der Waals surface area contributed by atoms with Gasteiger partial charge in [-0.1, -0.05) is 30.3 Å². The molecule has 1 aliphatic rings. The molecule has 0 aliphatic carbocycles. The van der Waals surface area contributed by atoms with E-state index in [2.05, 4.69) is 27.5 Å². The number of carboxylic acid groups (broad SMARTS) is 1. The zero-order valence-electron chi connectivity index (χ0n) is 17.2. The Kier molecular flexibility index (Phi) is 7.37. The highest BCUT2D eigenvalue weighted by atomic mass is 19.4. The SMILES string of the molecule is CN(Cc1ccc(-c2ccc3ccccc3c2F)nn1)CC1CNC1.O=C(O)C(F)(F)F. The fourth-order valence-corrected chi connectivity index (χ4v) is 3.28. The van der Waals surface area contributed by atoms with Crippen molar-refractivity contribution in [2.24, 2.45) is 5.92 Å². The van der Waals surface area contributed by atoms with Crippen molar-refractivity contribution < 1.29 is 27.5 Å². The van der Waals surface area contributed by atoms with E-state index < -0.39 is 12.1 Å². The van der Waals surface area contributed by atoms with Crippen LogP contribution in [0.2, 0.25) is 0 Å². The molecule has 4 rings (SSSR count). The molecule has 1 fully saturated rings. The molecule has 2 N–H and O–H groups in total. The highest BCUT2D eigenvalue weighted by molar-refractivity contribution is 5.87. The second kappa shape index (κ2) is 10.0. The minimum absolute atomic E-state index is 0.241. The first-order chi connectivity index (χ1) is 15.1. The lowest BCUT2D eigenvalue weighted by Crippen LogP contribution is -2.47. The van der Waals surface area contributed by atoms with Crippen LogP contribution in [-0.2, 0) is 11.3 Å². The topological polar surface area (TPSA) is 78.4 Å². The number of aliphatic carboxylic acids is 1. The van der Waals surface area contributed by atoms with Gasteiger partial charge in [0.25, 0.3) is 0 Å². The summed E-state index contributed by atoms with van der Waals surface area (Å²) in [5.74, 6) is -2.27. The highest BCUT2D eigenvalue weighted by Crippen LogP contribution is 2.27. The number of aromatic nitrogens is 2. The lowest BCUT2D eigenvalue weighted by molar-refractivity contribution is -0.192. The number of nitrogens with one attached hydrogen (secondary N) is 1. The van der Waals surface area contributed by atoms with Crippen molar-refractivity contribution in [2.75, 3.05) is 26.7 Å². The van der Waals surface area contributed by atoms with Gasteiger partial charge in [0.15, 0.2) is 0 Å². The minimum atomic E-state index is -5.08. The van der Waals surface area contributed by atoms with Crippen LogP contribution in [0.4, 0.5) is 17.6 Å². The first-order valence-corrected chi connectivity index (χ1v) is 9.84. The Morgan fingerprint density at radius 2 is 1.81 bits per heavy atom. The third kappa shape index (κ3) is 5.98. The number of halogens is 4. The molecule has 1 aromatic heterocycles. The van der Waals surface area contributed by atoms with E-state index in [4.69, 9.17) is 9.90 Å². The maximum Gasteiger partial charge on any atom is 0.490 e. The zero-order chi connectivity index (χ0) is 23.3. The van der Waals surface area contributed by atoms with Crippen LogP contribution >= 0.6 is 0 Å². The molecule has 0 saturated carbocycles. The standard InChI is InChI=1S/C20H21FN4.C2HF3O2/c1-25(12-14-10-22-11-14)13-16-7-9-19(24-23-16)18-8-6-15-4-2-3-5-17(15)20(18)21;3-2(4,5)1(6)7/h2-9,14,22H,10-13H2,1H3;(H,6,7). The van der Waals surface area contributed by atoms with Gasteiger partial charge >= 0.3 is 12.1 Å². The number of fused-ring (bicyclic) bond motifs is 1. The summed E-state index contributed by atoms with van der Waals surface area (Å²) in [6.45, 7) is 3.99. The molecule has 6 nitrogen and oxygen atoms in total. The average molecular weight is 450 g/mol. The van der Waals surface area contributed by atoms with E-state index in [1.54, 1.807) is 12.1 Å². The van der Waals surface area contributed by atoms with E-state index in [1.165, 1.54) is 0 Å². The van der Waals surface area contributed by atoms with Crippen LogP contribution in [0.3, 0.4) is 0 Å². The van der Waals surface area contributed by atoms with E-state index in [-0.39, 0.29) is 5.82 Å². The quantitative estimate of drug-likeness (QED) is 0.577. The van der Waals surface area contributed by atoms with E-state index in [0.29, 0.717) is 16.6 Å². The molecule has 32 heavy (non-hydrogen) atoms. The number of hydrogen-bond acceptors (Lipinski definition) is 5. The number of benzene rings is 2. The molecular weight excluding hydrogens is 428 g/mol. The number of alkyl halides is 3. The molecule has 0 bridgehead atoms. The molecule has 170 valence electrons. The van der Waals surface area contributed by atoms with Crippen LogP contribution in [0, 0.1) is 11.7 Å². The van der Waals surface area contributed by atoms with E-state index in [0.717, 1.165) is 43.2 Å². The van der Waals surface area contributed by atoms with Gasteiger partial charge < -0.3 is 15.3 Å². The van der Waals surface area contributed by atoms with Gasteiger partial charge in [-0.15, -0.1) is 0 Å². The van der Waals surface area contributed by atoms with Gasteiger partial charge in [-0.2, -0.15) is 23.4 Å². The monoisotopic (exact) mass is 450 g/mol. The average Bonchev–Trinajstić information content (AvgIpc) is 2.72. The lowest BCUT2D eigenvalue weighted by Gasteiger charge is -2.31. The van der Waals surface area contributed by atoms with Crippen LogP contribution in [0.5, 0.6) is 0 Å². The molecule has 0 amide bonds. The van der Waals surface area contributed by atoms with E-state index >= 15 is 0 Å². The summed E-state index contributed by atoms with van der Waals surface area (Å²) in [7, 11) is 2.09. The van der Waals surface area contributed by atoms with Gasteiger partial charge in [0.2, 0.25) is 0 Å². The van der Waals surface area contributed by atoms with Crippen molar-refractivity contribution in [3.63, 3.8) is 0 Å². The normalized spacial score (nSPS) is 14.1. The second-order valence-corrected chi connectivity index (χ2v) is 7.58. The molecule has 0 unspecified atom stereocenters. The Morgan fingerprint density at radius 1 is 1.12 bits per heavy atom. The summed E-state index contributed by atoms with van der Waals surface area (Å²) in [6, 6.07) is 14.9. The zero-order valence-corrected chi connectivity index (χ0v) is 17.2. The van der Waals surface area contributed by atoms with Gasteiger partial charge in [0, 0.05) is 37.1 Å². The van der Waals surface area contributed by atoms with Crippen molar-refractivity contribution in [1.29, 1.82) is 0 Å². The van der Waals surface area contributed by atoms with Crippen molar-refractivity contribution in [2.45, 2.75) is 12.7 Å². The van der Waals surface area contributed by atoms with E-state index in [9.17, 15) is 17.6 Å². The highest BCUT2D eigenvalue weighted by Gasteiger charge is 2.38. The fraction of sp³-hybridized carbons (Fsp3) is 0.318.